The van der Waals surface area contributed by atoms with Gasteiger partial charge in [0.1, 0.15) is 12.7 Å². The predicted molar refractivity (Wildman–Crippen MR) is 85.8 cm³/mol. The molecule has 1 heterocycles. The Morgan fingerprint density at radius 3 is 2.86 bits per heavy atom. The second-order valence-corrected chi connectivity index (χ2v) is 6.20. The Morgan fingerprint density at radius 1 is 1.36 bits per heavy atom. The molecule has 1 aromatic carbocycles. The number of nitrogens with zero attached hydrogens (tertiary/aromatic N) is 3. The molecule has 1 saturated carbocycles. The van der Waals surface area contributed by atoms with E-state index in [9.17, 15) is 5.11 Å². The van der Waals surface area contributed by atoms with Crippen molar-refractivity contribution in [1.82, 2.24) is 20.1 Å². The summed E-state index contributed by atoms with van der Waals surface area (Å²) in [5.41, 5.74) is 3.44. The lowest BCUT2D eigenvalue weighted by molar-refractivity contribution is 0.109. The summed E-state index contributed by atoms with van der Waals surface area (Å²) in [5, 5.41) is 17.7. The third kappa shape index (κ3) is 3.54. The van der Waals surface area contributed by atoms with Crippen molar-refractivity contribution in [3.8, 4) is 5.69 Å². The fourth-order valence-corrected chi connectivity index (χ4v) is 3.29. The van der Waals surface area contributed by atoms with Gasteiger partial charge in [0.05, 0.1) is 11.8 Å². The molecule has 0 radical (unpaired) electrons. The van der Waals surface area contributed by atoms with Crippen LogP contribution in [0.2, 0.25) is 0 Å². The number of nitrogens with one attached hydrogen (secondary N) is 1. The number of aryl methyl sites for hydroxylation is 1. The highest BCUT2D eigenvalue weighted by Gasteiger charge is 2.22. The molecular formula is C17H24N4O. The third-order valence-electron chi connectivity index (χ3n) is 4.55. The molecule has 0 bridgehead atoms. The van der Waals surface area contributed by atoms with Gasteiger partial charge in [-0.1, -0.05) is 25.0 Å². The van der Waals surface area contributed by atoms with Gasteiger partial charge in [-0.05, 0) is 42.9 Å². The lowest BCUT2D eigenvalue weighted by Gasteiger charge is -2.18. The van der Waals surface area contributed by atoms with Gasteiger partial charge in [-0.15, -0.1) is 0 Å². The quantitative estimate of drug-likeness (QED) is 0.858. The third-order valence-corrected chi connectivity index (χ3v) is 4.55. The van der Waals surface area contributed by atoms with Gasteiger partial charge in [0.2, 0.25) is 0 Å². The minimum atomic E-state index is -0.210. The predicted octanol–water partition coefficient (Wildman–Crippen LogP) is 2.22. The Kier molecular flexibility index (Phi) is 4.85. The first-order valence-electron chi connectivity index (χ1n) is 8.07. The van der Waals surface area contributed by atoms with Crippen molar-refractivity contribution in [3.63, 3.8) is 0 Å². The first kappa shape index (κ1) is 15.2. The number of hydrogen-bond acceptors (Lipinski definition) is 4. The highest BCUT2D eigenvalue weighted by Crippen LogP contribution is 2.27. The molecule has 1 aromatic heterocycles. The summed E-state index contributed by atoms with van der Waals surface area (Å²) in [6, 6.07) is 6.32. The van der Waals surface area contributed by atoms with Crippen LogP contribution < -0.4 is 5.32 Å². The van der Waals surface area contributed by atoms with E-state index in [0.29, 0.717) is 12.5 Å². The van der Waals surface area contributed by atoms with E-state index in [-0.39, 0.29) is 6.10 Å². The molecule has 22 heavy (non-hydrogen) atoms. The van der Waals surface area contributed by atoms with Crippen LogP contribution in [0, 0.1) is 12.8 Å². The minimum absolute atomic E-state index is 0.210. The smallest absolute Gasteiger partial charge is 0.138 e. The molecular weight excluding hydrogens is 276 g/mol. The summed E-state index contributed by atoms with van der Waals surface area (Å²) in [6.07, 6.45) is 7.92. The molecule has 2 aromatic rings. The van der Waals surface area contributed by atoms with Crippen LogP contribution in [-0.2, 0) is 6.54 Å². The molecule has 5 heteroatoms. The van der Waals surface area contributed by atoms with Crippen molar-refractivity contribution in [2.45, 2.75) is 45.3 Å². The Bertz CT molecular complexity index is 591. The van der Waals surface area contributed by atoms with Crippen LogP contribution in [-0.4, -0.2) is 32.5 Å². The number of benzene rings is 1. The zero-order valence-corrected chi connectivity index (χ0v) is 13.1. The van der Waals surface area contributed by atoms with Crippen molar-refractivity contribution in [2.75, 3.05) is 6.54 Å². The molecule has 0 saturated heterocycles. The molecule has 3 rings (SSSR count). The van der Waals surface area contributed by atoms with E-state index in [2.05, 4.69) is 40.5 Å². The molecule has 118 valence electrons. The van der Waals surface area contributed by atoms with Gasteiger partial charge in [0, 0.05) is 13.1 Å². The van der Waals surface area contributed by atoms with Gasteiger partial charge in [-0.25, -0.2) is 9.67 Å². The van der Waals surface area contributed by atoms with Crippen molar-refractivity contribution in [2.24, 2.45) is 5.92 Å². The van der Waals surface area contributed by atoms with Crippen LogP contribution in [0.4, 0.5) is 0 Å². The average molecular weight is 300 g/mol. The molecule has 1 fully saturated rings. The Hall–Kier alpha value is -1.72. The maximum absolute atomic E-state index is 10.2. The van der Waals surface area contributed by atoms with Crippen molar-refractivity contribution >= 4 is 0 Å². The van der Waals surface area contributed by atoms with Crippen molar-refractivity contribution in [3.05, 3.63) is 42.0 Å². The summed E-state index contributed by atoms with van der Waals surface area (Å²) in [4.78, 5) is 3.98. The fourth-order valence-electron chi connectivity index (χ4n) is 3.29. The number of aromatic nitrogens is 3. The number of hydrogen-bond donors (Lipinski definition) is 2. The summed E-state index contributed by atoms with van der Waals surface area (Å²) in [7, 11) is 0. The first-order valence-corrected chi connectivity index (χ1v) is 8.07. The number of aliphatic hydroxyl groups is 1. The van der Waals surface area contributed by atoms with Crippen LogP contribution in [0.3, 0.4) is 0 Å². The molecule has 1 aliphatic carbocycles. The zero-order chi connectivity index (χ0) is 15.4. The van der Waals surface area contributed by atoms with Crippen LogP contribution in [0.25, 0.3) is 5.69 Å². The van der Waals surface area contributed by atoms with Gasteiger partial charge in [-0.2, -0.15) is 5.10 Å². The Balaban J connectivity index is 1.53. The van der Waals surface area contributed by atoms with E-state index in [1.807, 2.05) is 0 Å². The normalized spacial score (nSPS) is 17.0. The number of rotatable bonds is 6. The fraction of sp³-hybridized carbons (Fsp3) is 0.529. The maximum Gasteiger partial charge on any atom is 0.138 e. The molecule has 1 unspecified atom stereocenters. The minimum Gasteiger partial charge on any atom is -0.392 e. The largest absolute Gasteiger partial charge is 0.392 e. The summed E-state index contributed by atoms with van der Waals surface area (Å²) in [6.45, 7) is 3.53. The van der Waals surface area contributed by atoms with Crippen LogP contribution in [0.15, 0.2) is 30.9 Å². The number of aliphatic hydroxyl groups excluding tert-OH is 1. The standard InChI is InChI=1S/C17H24N4O/c1-13-8-14(6-7-16(13)21-12-19-11-20-21)9-18-10-17(22)15-4-2-3-5-15/h6-8,11-12,15,17-18,22H,2-5,9-10H2,1H3. The molecule has 0 spiro atoms. The first-order chi connectivity index (χ1) is 10.7. The highest BCUT2D eigenvalue weighted by molar-refractivity contribution is 5.41. The van der Waals surface area contributed by atoms with Crippen molar-refractivity contribution < 1.29 is 5.11 Å². The summed E-state index contributed by atoms with van der Waals surface area (Å²) < 4.78 is 1.77. The lowest BCUT2D eigenvalue weighted by atomic mass is 10.0. The summed E-state index contributed by atoms with van der Waals surface area (Å²) >= 11 is 0. The molecule has 1 aliphatic rings. The van der Waals surface area contributed by atoms with Gasteiger partial charge in [0.15, 0.2) is 0 Å². The zero-order valence-electron chi connectivity index (χ0n) is 13.1. The second kappa shape index (κ2) is 7.03. The van der Waals surface area contributed by atoms with Gasteiger partial charge >= 0.3 is 0 Å². The molecule has 2 N–H and O–H groups in total. The van der Waals surface area contributed by atoms with E-state index >= 15 is 0 Å². The van der Waals surface area contributed by atoms with E-state index in [4.69, 9.17) is 0 Å². The van der Waals surface area contributed by atoms with Gasteiger partial charge < -0.3 is 10.4 Å². The van der Waals surface area contributed by atoms with Gasteiger partial charge in [0.25, 0.3) is 0 Å². The monoisotopic (exact) mass is 300 g/mol. The van der Waals surface area contributed by atoms with E-state index in [1.165, 1.54) is 36.8 Å². The van der Waals surface area contributed by atoms with E-state index in [0.717, 1.165) is 12.2 Å². The SMILES string of the molecule is Cc1cc(CNCC(O)C2CCCC2)ccc1-n1cncn1. The van der Waals surface area contributed by atoms with E-state index in [1.54, 1.807) is 17.3 Å². The van der Waals surface area contributed by atoms with Crippen LogP contribution in [0.5, 0.6) is 0 Å². The lowest BCUT2D eigenvalue weighted by Crippen LogP contribution is -2.31. The second-order valence-electron chi connectivity index (χ2n) is 6.20. The molecule has 0 aliphatic heterocycles. The van der Waals surface area contributed by atoms with Crippen LogP contribution >= 0.6 is 0 Å². The maximum atomic E-state index is 10.2. The van der Waals surface area contributed by atoms with Crippen LogP contribution in [0.1, 0.15) is 36.8 Å². The summed E-state index contributed by atoms with van der Waals surface area (Å²) in [5.74, 6) is 0.490. The Labute approximate surface area is 131 Å². The molecule has 1 atom stereocenters. The topological polar surface area (TPSA) is 63.0 Å². The highest BCUT2D eigenvalue weighted by atomic mass is 16.3. The average Bonchev–Trinajstić information content (AvgIpc) is 3.21. The molecule has 0 amide bonds. The van der Waals surface area contributed by atoms with Gasteiger partial charge in [-0.3, -0.25) is 0 Å². The van der Waals surface area contributed by atoms with E-state index < -0.39 is 0 Å². The Morgan fingerprint density at radius 2 is 2.18 bits per heavy atom. The molecule has 5 nitrogen and oxygen atoms in total. The van der Waals surface area contributed by atoms with Crippen molar-refractivity contribution in [1.29, 1.82) is 0 Å².